The van der Waals surface area contributed by atoms with Crippen LogP contribution in [-0.4, -0.2) is 30.2 Å². The van der Waals surface area contributed by atoms with E-state index in [1.807, 2.05) is 17.9 Å². The number of nitrogens with one attached hydrogen (secondary N) is 1. The zero-order valence-electron chi connectivity index (χ0n) is 16.3. The maximum atomic E-state index is 13.6. The molecule has 4 rings (SSSR count). The lowest BCUT2D eigenvalue weighted by Crippen LogP contribution is -2.34. The number of amides is 1. The van der Waals surface area contributed by atoms with Crippen LogP contribution in [0.1, 0.15) is 36.0 Å². The Hall–Kier alpha value is -2.31. The number of hydrogen-bond donors (Lipinski definition) is 1. The second-order valence-corrected chi connectivity index (χ2v) is 7.95. The van der Waals surface area contributed by atoms with Crippen molar-refractivity contribution < 1.29 is 18.7 Å². The summed E-state index contributed by atoms with van der Waals surface area (Å²) in [7, 11) is 0. The quantitative estimate of drug-likeness (QED) is 0.685. The highest BCUT2D eigenvalue weighted by Gasteiger charge is 2.30. The van der Waals surface area contributed by atoms with Gasteiger partial charge in [0.25, 0.3) is 0 Å². The molecule has 0 radical (unpaired) electrons. The number of fused-ring (bicyclic) bond motifs is 1. The first-order valence-electron chi connectivity index (χ1n) is 9.84. The first-order chi connectivity index (χ1) is 14.0. The molecule has 2 aromatic carbocycles. The molecule has 0 aromatic heterocycles. The van der Waals surface area contributed by atoms with Crippen LogP contribution in [0.25, 0.3) is 0 Å². The molecule has 7 heteroatoms. The molecule has 0 saturated carbocycles. The molecule has 1 fully saturated rings. The minimum atomic E-state index is -0.268. The molecule has 1 saturated heterocycles. The summed E-state index contributed by atoms with van der Waals surface area (Å²) < 4.78 is 24.3. The molecular formula is C22H24ClFN2O3. The molecule has 0 spiro atoms. The Labute approximate surface area is 174 Å². The van der Waals surface area contributed by atoms with Gasteiger partial charge in [-0.15, -0.1) is 0 Å². The first kappa shape index (κ1) is 20.0. The average Bonchev–Trinajstić information content (AvgIpc) is 3.28. The molecule has 2 aromatic rings. The van der Waals surface area contributed by atoms with Crippen molar-refractivity contribution in [3.8, 4) is 11.5 Å². The normalized spacial score (nSPS) is 18.0. The predicted molar refractivity (Wildman–Crippen MR) is 109 cm³/mol. The highest BCUT2D eigenvalue weighted by atomic mass is 35.5. The molecule has 0 aliphatic carbocycles. The van der Waals surface area contributed by atoms with E-state index in [0.29, 0.717) is 36.0 Å². The summed E-state index contributed by atoms with van der Waals surface area (Å²) in [5.41, 5.74) is 2.82. The third-order valence-electron chi connectivity index (χ3n) is 5.62. The molecule has 2 aliphatic heterocycles. The van der Waals surface area contributed by atoms with Crippen LogP contribution in [0, 0.1) is 12.7 Å². The number of rotatable bonds is 7. The Morgan fingerprint density at radius 1 is 1.21 bits per heavy atom. The van der Waals surface area contributed by atoms with Gasteiger partial charge in [0.05, 0.1) is 0 Å². The molecule has 0 bridgehead atoms. The highest BCUT2D eigenvalue weighted by Crippen LogP contribution is 2.36. The van der Waals surface area contributed by atoms with E-state index in [9.17, 15) is 9.18 Å². The second kappa shape index (κ2) is 8.59. The number of carbonyl (C=O) groups is 1. The van der Waals surface area contributed by atoms with Gasteiger partial charge in [0.15, 0.2) is 11.5 Å². The molecule has 1 amide bonds. The van der Waals surface area contributed by atoms with Gasteiger partial charge in [-0.3, -0.25) is 4.79 Å². The molecular weight excluding hydrogens is 395 g/mol. The van der Waals surface area contributed by atoms with Gasteiger partial charge in [0, 0.05) is 36.6 Å². The van der Waals surface area contributed by atoms with Crippen molar-refractivity contribution in [1.29, 1.82) is 0 Å². The van der Waals surface area contributed by atoms with E-state index in [1.54, 1.807) is 12.1 Å². The number of likely N-dealkylation sites (tertiary alicyclic amines) is 1. The second-order valence-electron chi connectivity index (χ2n) is 7.55. The van der Waals surface area contributed by atoms with Crippen molar-refractivity contribution >= 4 is 17.5 Å². The Morgan fingerprint density at radius 2 is 2.00 bits per heavy atom. The SMILES string of the molecule is Cc1ccc(F)cc1CN1C(=O)CC[C@@H]1CCNCc1cc2c(cc1Cl)OCO2. The van der Waals surface area contributed by atoms with Gasteiger partial charge >= 0.3 is 0 Å². The zero-order chi connectivity index (χ0) is 20.4. The Kier molecular flexibility index (Phi) is 5.92. The van der Waals surface area contributed by atoms with Crippen molar-refractivity contribution in [2.45, 2.75) is 45.3 Å². The number of halogens is 2. The fourth-order valence-electron chi connectivity index (χ4n) is 3.89. The minimum Gasteiger partial charge on any atom is -0.454 e. The molecule has 29 heavy (non-hydrogen) atoms. The summed E-state index contributed by atoms with van der Waals surface area (Å²) in [5.74, 6) is 1.25. The molecule has 5 nitrogen and oxygen atoms in total. The molecule has 1 N–H and O–H groups in total. The summed E-state index contributed by atoms with van der Waals surface area (Å²) >= 11 is 6.32. The van der Waals surface area contributed by atoms with Crippen molar-refractivity contribution in [3.05, 3.63) is 57.9 Å². The first-order valence-corrected chi connectivity index (χ1v) is 10.2. The van der Waals surface area contributed by atoms with Crippen LogP contribution in [0.5, 0.6) is 11.5 Å². The van der Waals surface area contributed by atoms with Crippen molar-refractivity contribution in [3.63, 3.8) is 0 Å². The minimum absolute atomic E-state index is 0.137. The summed E-state index contributed by atoms with van der Waals surface area (Å²) in [5, 5.41) is 4.04. The zero-order valence-corrected chi connectivity index (χ0v) is 17.1. The van der Waals surface area contributed by atoms with Crippen LogP contribution < -0.4 is 14.8 Å². The van der Waals surface area contributed by atoms with E-state index < -0.39 is 0 Å². The molecule has 154 valence electrons. The number of carbonyl (C=O) groups excluding carboxylic acids is 1. The van der Waals surface area contributed by atoms with Gasteiger partial charge in [-0.1, -0.05) is 17.7 Å². The lowest BCUT2D eigenvalue weighted by molar-refractivity contribution is -0.129. The summed E-state index contributed by atoms with van der Waals surface area (Å²) in [6, 6.07) is 8.57. The number of ether oxygens (including phenoxy) is 2. The maximum absolute atomic E-state index is 13.6. The average molecular weight is 419 g/mol. The molecule has 2 heterocycles. The fourth-order valence-corrected chi connectivity index (χ4v) is 4.11. The van der Waals surface area contributed by atoms with Crippen LogP contribution in [-0.2, 0) is 17.9 Å². The Bertz CT molecular complexity index is 921. The monoisotopic (exact) mass is 418 g/mol. The lowest BCUT2D eigenvalue weighted by Gasteiger charge is -2.26. The summed E-state index contributed by atoms with van der Waals surface area (Å²) in [6.45, 7) is 3.99. The van der Waals surface area contributed by atoms with E-state index in [4.69, 9.17) is 21.1 Å². The smallest absolute Gasteiger partial charge is 0.231 e. The van der Waals surface area contributed by atoms with Crippen molar-refractivity contribution in [2.24, 2.45) is 0 Å². The van der Waals surface area contributed by atoms with Gasteiger partial charge in [-0.25, -0.2) is 4.39 Å². The van der Waals surface area contributed by atoms with Gasteiger partial charge in [0.1, 0.15) is 5.82 Å². The van der Waals surface area contributed by atoms with Gasteiger partial charge < -0.3 is 19.7 Å². The third-order valence-corrected chi connectivity index (χ3v) is 5.97. The van der Waals surface area contributed by atoms with Crippen LogP contribution >= 0.6 is 11.6 Å². The Morgan fingerprint density at radius 3 is 2.83 bits per heavy atom. The number of hydrogen-bond acceptors (Lipinski definition) is 4. The Balaban J connectivity index is 1.32. The van der Waals surface area contributed by atoms with Gasteiger partial charge in [0.2, 0.25) is 12.7 Å². The summed E-state index contributed by atoms with van der Waals surface area (Å²) in [6.07, 6.45) is 2.22. The standard InChI is InChI=1S/C22H24ClFN2O3/c1-14-2-3-17(24)8-16(14)12-26-18(4-5-22(26)27)6-7-25-11-15-9-20-21(10-19(15)23)29-13-28-20/h2-3,8-10,18,25H,4-7,11-13H2,1H3/t18-/m1/s1. The molecule has 0 unspecified atom stereocenters. The van der Waals surface area contributed by atoms with E-state index in [-0.39, 0.29) is 24.6 Å². The van der Waals surface area contributed by atoms with E-state index in [1.165, 1.54) is 12.1 Å². The fraction of sp³-hybridized carbons (Fsp3) is 0.409. The molecule has 2 aliphatic rings. The van der Waals surface area contributed by atoms with E-state index in [2.05, 4.69) is 5.32 Å². The highest BCUT2D eigenvalue weighted by molar-refractivity contribution is 6.31. The van der Waals surface area contributed by atoms with Crippen LogP contribution in [0.4, 0.5) is 4.39 Å². The number of benzene rings is 2. The summed E-state index contributed by atoms with van der Waals surface area (Å²) in [4.78, 5) is 14.2. The van der Waals surface area contributed by atoms with Crippen LogP contribution in [0.3, 0.4) is 0 Å². The van der Waals surface area contributed by atoms with Crippen LogP contribution in [0.2, 0.25) is 5.02 Å². The van der Waals surface area contributed by atoms with Gasteiger partial charge in [-0.2, -0.15) is 0 Å². The van der Waals surface area contributed by atoms with E-state index in [0.717, 1.165) is 36.1 Å². The van der Waals surface area contributed by atoms with E-state index >= 15 is 0 Å². The maximum Gasteiger partial charge on any atom is 0.231 e. The largest absolute Gasteiger partial charge is 0.454 e. The van der Waals surface area contributed by atoms with Crippen molar-refractivity contribution in [2.75, 3.05) is 13.3 Å². The third kappa shape index (κ3) is 4.49. The van der Waals surface area contributed by atoms with Crippen LogP contribution in [0.15, 0.2) is 30.3 Å². The number of nitrogens with zero attached hydrogens (tertiary/aromatic N) is 1. The van der Waals surface area contributed by atoms with Gasteiger partial charge in [-0.05, 0) is 61.2 Å². The topological polar surface area (TPSA) is 50.8 Å². The predicted octanol–water partition coefficient (Wildman–Crippen LogP) is 4.19. The lowest BCUT2D eigenvalue weighted by atomic mass is 10.1. The number of aryl methyl sites for hydroxylation is 1. The van der Waals surface area contributed by atoms with Crippen molar-refractivity contribution in [1.82, 2.24) is 10.2 Å². The molecule has 1 atom stereocenters.